The van der Waals surface area contributed by atoms with Crippen molar-refractivity contribution in [3.8, 4) is 0 Å². The topological polar surface area (TPSA) is 17.1 Å². The maximum absolute atomic E-state index is 12.0. The van der Waals surface area contributed by atoms with Crippen LogP contribution in [0.15, 0.2) is 0 Å². The second-order valence-electron chi connectivity index (χ2n) is 4.72. The first-order chi connectivity index (χ1) is 7.42. The third kappa shape index (κ3) is 4.54. The monoisotopic (exact) mass is 236 g/mol. The van der Waals surface area contributed by atoms with Crippen LogP contribution in [0.25, 0.3) is 0 Å². The Kier molecular flexibility index (Phi) is 4.81. The molecule has 0 heterocycles. The van der Waals surface area contributed by atoms with Crippen LogP contribution in [-0.2, 0) is 4.79 Å². The molecule has 2 unspecified atom stereocenters. The number of alkyl halides is 3. The summed E-state index contributed by atoms with van der Waals surface area (Å²) in [6, 6.07) is 0. The molecule has 0 amide bonds. The Morgan fingerprint density at radius 2 is 2.06 bits per heavy atom. The Morgan fingerprint density at radius 1 is 1.38 bits per heavy atom. The van der Waals surface area contributed by atoms with Gasteiger partial charge in [0, 0.05) is 18.8 Å². The summed E-state index contributed by atoms with van der Waals surface area (Å²) < 4.78 is 35.9. The van der Waals surface area contributed by atoms with Gasteiger partial charge < -0.3 is 0 Å². The molecule has 0 aromatic heterocycles. The third-order valence-electron chi connectivity index (χ3n) is 3.46. The average molecular weight is 236 g/mol. The zero-order valence-corrected chi connectivity index (χ0v) is 9.65. The van der Waals surface area contributed by atoms with Gasteiger partial charge in [-0.25, -0.2) is 0 Å². The smallest absolute Gasteiger partial charge is 0.299 e. The SMILES string of the molecule is CCC1CCC(=O)C(CCCC(F)(F)F)C1. The Hall–Kier alpha value is -0.540. The molecule has 0 aromatic rings. The van der Waals surface area contributed by atoms with Crippen molar-refractivity contribution >= 4 is 5.78 Å². The number of rotatable bonds is 4. The highest BCUT2D eigenvalue weighted by molar-refractivity contribution is 5.81. The fourth-order valence-corrected chi connectivity index (χ4v) is 2.40. The highest BCUT2D eigenvalue weighted by atomic mass is 19.4. The summed E-state index contributed by atoms with van der Waals surface area (Å²) in [5, 5.41) is 0. The molecule has 4 heteroatoms. The van der Waals surface area contributed by atoms with Crippen molar-refractivity contribution in [2.75, 3.05) is 0 Å². The van der Waals surface area contributed by atoms with Crippen molar-refractivity contribution in [2.45, 2.75) is 58.0 Å². The summed E-state index contributed by atoms with van der Waals surface area (Å²) in [5.41, 5.74) is 0. The molecule has 0 aromatic carbocycles. The zero-order chi connectivity index (χ0) is 12.2. The minimum absolute atomic E-state index is 0.0936. The third-order valence-corrected chi connectivity index (χ3v) is 3.46. The van der Waals surface area contributed by atoms with E-state index in [1.165, 1.54) is 0 Å². The molecular weight excluding hydrogens is 217 g/mol. The summed E-state index contributed by atoms with van der Waals surface area (Å²) in [4.78, 5) is 11.5. The number of carbonyl (C=O) groups is 1. The predicted octanol–water partition coefficient (Wildman–Crippen LogP) is 4.11. The molecule has 2 atom stereocenters. The van der Waals surface area contributed by atoms with Gasteiger partial charge in [0.05, 0.1) is 0 Å². The molecule has 94 valence electrons. The summed E-state index contributed by atoms with van der Waals surface area (Å²) in [5.74, 6) is 0.599. The molecule has 1 nitrogen and oxygen atoms in total. The Bertz CT molecular complexity index is 235. The molecule has 1 aliphatic rings. The molecule has 0 spiro atoms. The Labute approximate surface area is 94.4 Å². The first-order valence-corrected chi connectivity index (χ1v) is 6.02. The minimum atomic E-state index is -4.08. The quantitative estimate of drug-likeness (QED) is 0.717. The normalized spacial score (nSPS) is 27.1. The van der Waals surface area contributed by atoms with Gasteiger partial charge in [-0.15, -0.1) is 0 Å². The van der Waals surface area contributed by atoms with E-state index in [0.29, 0.717) is 18.8 Å². The highest BCUT2D eigenvalue weighted by Gasteiger charge is 2.30. The van der Waals surface area contributed by atoms with E-state index in [2.05, 4.69) is 6.92 Å². The highest BCUT2D eigenvalue weighted by Crippen LogP contribution is 2.33. The Balaban J connectivity index is 2.31. The van der Waals surface area contributed by atoms with Crippen LogP contribution in [0.2, 0.25) is 0 Å². The number of halogens is 3. The molecule has 1 saturated carbocycles. The van der Waals surface area contributed by atoms with Crippen LogP contribution in [-0.4, -0.2) is 12.0 Å². The number of hydrogen-bond donors (Lipinski definition) is 0. The summed E-state index contributed by atoms with van der Waals surface area (Å²) in [7, 11) is 0. The summed E-state index contributed by atoms with van der Waals surface area (Å²) in [6.07, 6.45) is -1.02. The van der Waals surface area contributed by atoms with Gasteiger partial charge in [0.15, 0.2) is 0 Å². The van der Waals surface area contributed by atoms with E-state index < -0.39 is 12.6 Å². The van der Waals surface area contributed by atoms with Crippen LogP contribution in [0.4, 0.5) is 13.2 Å². The summed E-state index contributed by atoms with van der Waals surface area (Å²) in [6.45, 7) is 2.08. The van der Waals surface area contributed by atoms with Gasteiger partial charge in [-0.05, 0) is 31.6 Å². The van der Waals surface area contributed by atoms with Crippen LogP contribution >= 0.6 is 0 Å². The van der Waals surface area contributed by atoms with Crippen LogP contribution in [0.3, 0.4) is 0 Å². The first kappa shape index (κ1) is 13.5. The fraction of sp³-hybridized carbons (Fsp3) is 0.917. The van der Waals surface area contributed by atoms with Gasteiger partial charge in [0.2, 0.25) is 0 Å². The molecule has 0 N–H and O–H groups in total. The lowest BCUT2D eigenvalue weighted by Gasteiger charge is -2.27. The molecule has 0 saturated heterocycles. The van der Waals surface area contributed by atoms with E-state index in [-0.39, 0.29) is 18.1 Å². The van der Waals surface area contributed by atoms with Gasteiger partial charge in [0.25, 0.3) is 0 Å². The number of hydrogen-bond acceptors (Lipinski definition) is 1. The van der Waals surface area contributed by atoms with E-state index in [1.807, 2.05) is 0 Å². The second-order valence-corrected chi connectivity index (χ2v) is 4.72. The maximum atomic E-state index is 12.0. The first-order valence-electron chi connectivity index (χ1n) is 6.02. The van der Waals surface area contributed by atoms with Crippen molar-refractivity contribution in [3.05, 3.63) is 0 Å². The largest absolute Gasteiger partial charge is 0.389 e. The van der Waals surface area contributed by atoms with Crippen molar-refractivity contribution in [2.24, 2.45) is 11.8 Å². The van der Waals surface area contributed by atoms with Crippen LogP contribution in [0, 0.1) is 11.8 Å². The lowest BCUT2D eigenvalue weighted by Crippen LogP contribution is -2.25. The second kappa shape index (κ2) is 5.69. The van der Waals surface area contributed by atoms with E-state index in [9.17, 15) is 18.0 Å². The van der Waals surface area contributed by atoms with Crippen LogP contribution < -0.4 is 0 Å². The van der Waals surface area contributed by atoms with Gasteiger partial charge >= 0.3 is 6.18 Å². The maximum Gasteiger partial charge on any atom is 0.389 e. The fourth-order valence-electron chi connectivity index (χ4n) is 2.40. The van der Waals surface area contributed by atoms with Gasteiger partial charge in [-0.1, -0.05) is 13.3 Å². The van der Waals surface area contributed by atoms with Crippen molar-refractivity contribution in [1.29, 1.82) is 0 Å². The lowest BCUT2D eigenvalue weighted by molar-refractivity contribution is -0.138. The van der Waals surface area contributed by atoms with Gasteiger partial charge in [-0.3, -0.25) is 4.79 Å². The lowest BCUT2D eigenvalue weighted by atomic mass is 9.77. The van der Waals surface area contributed by atoms with E-state index >= 15 is 0 Å². The molecular formula is C12H19F3O. The minimum Gasteiger partial charge on any atom is -0.299 e. The standard InChI is InChI=1S/C12H19F3O/c1-2-9-5-6-11(16)10(8-9)4-3-7-12(13,14)15/h9-10H,2-8H2,1H3. The number of ketones is 1. The molecule has 1 rings (SSSR count). The molecule has 1 fully saturated rings. The van der Waals surface area contributed by atoms with Crippen molar-refractivity contribution in [3.63, 3.8) is 0 Å². The molecule has 16 heavy (non-hydrogen) atoms. The Morgan fingerprint density at radius 3 is 2.62 bits per heavy atom. The van der Waals surface area contributed by atoms with Crippen molar-refractivity contribution < 1.29 is 18.0 Å². The molecule has 0 radical (unpaired) electrons. The predicted molar refractivity (Wildman–Crippen MR) is 56.0 cm³/mol. The molecule has 1 aliphatic carbocycles. The molecule has 0 aliphatic heterocycles. The number of carbonyl (C=O) groups excluding carboxylic acids is 1. The summed E-state index contributed by atoms with van der Waals surface area (Å²) >= 11 is 0. The van der Waals surface area contributed by atoms with Crippen LogP contribution in [0.1, 0.15) is 51.9 Å². The van der Waals surface area contributed by atoms with Crippen LogP contribution in [0.5, 0.6) is 0 Å². The van der Waals surface area contributed by atoms with Gasteiger partial charge in [0.1, 0.15) is 5.78 Å². The zero-order valence-electron chi connectivity index (χ0n) is 9.65. The van der Waals surface area contributed by atoms with E-state index in [1.54, 1.807) is 0 Å². The average Bonchev–Trinajstić information content (AvgIpc) is 2.19. The van der Waals surface area contributed by atoms with E-state index in [0.717, 1.165) is 19.3 Å². The molecule has 0 bridgehead atoms. The van der Waals surface area contributed by atoms with E-state index in [4.69, 9.17) is 0 Å². The van der Waals surface area contributed by atoms with Crippen molar-refractivity contribution in [1.82, 2.24) is 0 Å². The number of Topliss-reactive ketones (excluding diaryl/α,β-unsaturated/α-hetero) is 1. The van der Waals surface area contributed by atoms with Gasteiger partial charge in [-0.2, -0.15) is 13.2 Å².